The molecule has 1 aromatic carbocycles. The third-order valence-corrected chi connectivity index (χ3v) is 3.39. The van der Waals surface area contributed by atoms with E-state index in [-0.39, 0.29) is 5.56 Å². The molecule has 2 aromatic heterocycles. The average Bonchev–Trinajstić information content (AvgIpc) is 2.81. The minimum Gasteiger partial charge on any atom is -0.478 e. The fourth-order valence-corrected chi connectivity index (χ4v) is 2.49. The van der Waals surface area contributed by atoms with Crippen molar-refractivity contribution in [2.45, 2.75) is 6.92 Å². The summed E-state index contributed by atoms with van der Waals surface area (Å²) in [5, 5.41) is 14.2. The SMILES string of the molecule is Cc1cccc(-n2cc3c(C(=O)O)cc(Br)cc3n2)n1. The molecule has 0 fully saturated rings. The third kappa shape index (κ3) is 2.18. The molecule has 1 N–H and O–H groups in total. The van der Waals surface area contributed by atoms with E-state index in [1.165, 1.54) is 0 Å². The number of carboxylic acids is 1. The molecule has 0 bridgehead atoms. The van der Waals surface area contributed by atoms with Gasteiger partial charge in [0.25, 0.3) is 0 Å². The van der Waals surface area contributed by atoms with Crippen molar-refractivity contribution in [2.24, 2.45) is 0 Å². The number of aromatic carboxylic acids is 1. The highest BCUT2D eigenvalue weighted by atomic mass is 79.9. The molecule has 0 spiro atoms. The second-order valence-corrected chi connectivity index (χ2v) is 5.32. The third-order valence-electron chi connectivity index (χ3n) is 2.93. The highest BCUT2D eigenvalue weighted by Crippen LogP contribution is 2.24. The number of aryl methyl sites for hydroxylation is 1. The van der Waals surface area contributed by atoms with Crippen molar-refractivity contribution in [1.82, 2.24) is 14.8 Å². The summed E-state index contributed by atoms with van der Waals surface area (Å²) >= 11 is 3.30. The zero-order chi connectivity index (χ0) is 14.3. The fourth-order valence-electron chi connectivity index (χ4n) is 2.04. The summed E-state index contributed by atoms with van der Waals surface area (Å²) < 4.78 is 2.28. The summed E-state index contributed by atoms with van der Waals surface area (Å²) in [5.74, 6) is -0.318. The Bertz CT molecular complexity index is 826. The Hall–Kier alpha value is -2.21. The van der Waals surface area contributed by atoms with E-state index in [1.807, 2.05) is 25.1 Å². The summed E-state index contributed by atoms with van der Waals surface area (Å²) in [6, 6.07) is 8.97. The van der Waals surface area contributed by atoms with Crippen LogP contribution in [-0.4, -0.2) is 25.8 Å². The number of pyridine rings is 1. The lowest BCUT2D eigenvalue weighted by molar-refractivity contribution is 0.0699. The number of carboxylic acid groups (broad SMARTS) is 1. The molecule has 0 unspecified atom stereocenters. The van der Waals surface area contributed by atoms with Crippen LogP contribution in [0.2, 0.25) is 0 Å². The fraction of sp³-hybridized carbons (Fsp3) is 0.0714. The van der Waals surface area contributed by atoms with Gasteiger partial charge in [0, 0.05) is 21.7 Å². The Labute approximate surface area is 123 Å². The van der Waals surface area contributed by atoms with E-state index < -0.39 is 5.97 Å². The molecule has 3 rings (SSSR count). The number of aromatic nitrogens is 3. The largest absolute Gasteiger partial charge is 0.478 e. The van der Waals surface area contributed by atoms with E-state index in [0.29, 0.717) is 21.2 Å². The van der Waals surface area contributed by atoms with Crippen LogP contribution in [0.5, 0.6) is 0 Å². The molecular formula is C14H10BrN3O2. The van der Waals surface area contributed by atoms with Gasteiger partial charge in [-0.1, -0.05) is 22.0 Å². The zero-order valence-corrected chi connectivity index (χ0v) is 12.1. The van der Waals surface area contributed by atoms with Crippen LogP contribution in [0.4, 0.5) is 0 Å². The molecule has 0 amide bonds. The van der Waals surface area contributed by atoms with Crippen molar-refractivity contribution < 1.29 is 9.90 Å². The van der Waals surface area contributed by atoms with Gasteiger partial charge in [0.2, 0.25) is 0 Å². The number of benzene rings is 1. The number of nitrogens with zero attached hydrogens (tertiary/aromatic N) is 3. The highest BCUT2D eigenvalue weighted by molar-refractivity contribution is 9.10. The number of carbonyl (C=O) groups is 1. The lowest BCUT2D eigenvalue weighted by Crippen LogP contribution is -1.98. The zero-order valence-electron chi connectivity index (χ0n) is 10.5. The number of fused-ring (bicyclic) bond motifs is 1. The molecule has 0 saturated carbocycles. The van der Waals surface area contributed by atoms with E-state index in [2.05, 4.69) is 26.0 Å². The molecule has 0 atom stereocenters. The van der Waals surface area contributed by atoms with Crippen LogP contribution < -0.4 is 0 Å². The van der Waals surface area contributed by atoms with Crippen molar-refractivity contribution in [1.29, 1.82) is 0 Å². The van der Waals surface area contributed by atoms with Crippen molar-refractivity contribution in [3.8, 4) is 5.82 Å². The van der Waals surface area contributed by atoms with Gasteiger partial charge in [-0.05, 0) is 31.2 Å². The lowest BCUT2D eigenvalue weighted by Gasteiger charge is -1.99. The molecule has 5 nitrogen and oxygen atoms in total. The first-order valence-corrected chi connectivity index (χ1v) is 6.70. The van der Waals surface area contributed by atoms with Gasteiger partial charge in [-0.15, -0.1) is 0 Å². The Morgan fingerprint density at radius 2 is 2.15 bits per heavy atom. The van der Waals surface area contributed by atoms with E-state index in [0.717, 1.165) is 5.69 Å². The first-order valence-electron chi connectivity index (χ1n) is 5.91. The van der Waals surface area contributed by atoms with E-state index in [9.17, 15) is 9.90 Å². The Morgan fingerprint density at radius 3 is 2.85 bits per heavy atom. The van der Waals surface area contributed by atoms with Crippen LogP contribution in [0.1, 0.15) is 16.1 Å². The Morgan fingerprint density at radius 1 is 1.35 bits per heavy atom. The van der Waals surface area contributed by atoms with Crippen LogP contribution in [0.15, 0.2) is 41.0 Å². The maximum atomic E-state index is 11.3. The highest BCUT2D eigenvalue weighted by Gasteiger charge is 2.14. The normalized spacial score (nSPS) is 10.9. The average molecular weight is 332 g/mol. The quantitative estimate of drug-likeness (QED) is 0.783. The van der Waals surface area contributed by atoms with Gasteiger partial charge in [0.15, 0.2) is 5.82 Å². The number of hydrogen-bond donors (Lipinski definition) is 1. The minimum atomic E-state index is -0.979. The maximum absolute atomic E-state index is 11.3. The molecule has 100 valence electrons. The number of halogens is 1. The molecule has 0 radical (unpaired) electrons. The summed E-state index contributed by atoms with van der Waals surface area (Å²) in [6.45, 7) is 1.89. The molecular weight excluding hydrogens is 322 g/mol. The molecule has 0 saturated heterocycles. The second-order valence-electron chi connectivity index (χ2n) is 4.40. The van der Waals surface area contributed by atoms with Crippen LogP contribution in [0.3, 0.4) is 0 Å². The smallest absolute Gasteiger partial charge is 0.336 e. The van der Waals surface area contributed by atoms with Crippen molar-refractivity contribution in [2.75, 3.05) is 0 Å². The maximum Gasteiger partial charge on any atom is 0.336 e. The standard InChI is InChI=1S/C14H10BrN3O2/c1-8-3-2-4-13(16-8)18-7-11-10(14(19)20)5-9(15)6-12(11)17-18/h2-7H,1H3,(H,19,20). The van der Waals surface area contributed by atoms with Crippen LogP contribution in [-0.2, 0) is 0 Å². The van der Waals surface area contributed by atoms with Crippen LogP contribution >= 0.6 is 15.9 Å². The summed E-state index contributed by atoms with van der Waals surface area (Å²) in [4.78, 5) is 15.7. The van der Waals surface area contributed by atoms with E-state index in [1.54, 1.807) is 23.0 Å². The number of hydrogen-bond acceptors (Lipinski definition) is 3. The van der Waals surface area contributed by atoms with Crippen molar-refractivity contribution in [3.05, 3.63) is 52.3 Å². The predicted octanol–water partition coefficient (Wildman–Crippen LogP) is 3.19. The van der Waals surface area contributed by atoms with Crippen molar-refractivity contribution in [3.63, 3.8) is 0 Å². The molecule has 2 heterocycles. The van der Waals surface area contributed by atoms with Gasteiger partial charge in [-0.2, -0.15) is 5.10 Å². The lowest BCUT2D eigenvalue weighted by atomic mass is 10.1. The first-order chi connectivity index (χ1) is 9.54. The minimum absolute atomic E-state index is 0.216. The monoisotopic (exact) mass is 331 g/mol. The van der Waals surface area contributed by atoms with Gasteiger partial charge in [-0.25, -0.2) is 14.5 Å². The molecule has 0 aliphatic carbocycles. The van der Waals surface area contributed by atoms with E-state index >= 15 is 0 Å². The summed E-state index contributed by atoms with van der Waals surface area (Å²) in [7, 11) is 0. The summed E-state index contributed by atoms with van der Waals surface area (Å²) in [6.07, 6.45) is 1.69. The molecule has 20 heavy (non-hydrogen) atoms. The molecule has 0 aliphatic heterocycles. The second kappa shape index (κ2) is 4.72. The van der Waals surface area contributed by atoms with Crippen molar-refractivity contribution >= 4 is 32.8 Å². The van der Waals surface area contributed by atoms with Gasteiger partial charge in [0.05, 0.1) is 11.1 Å². The molecule has 6 heteroatoms. The number of rotatable bonds is 2. The first kappa shape index (κ1) is 12.8. The van der Waals surface area contributed by atoms with Crippen LogP contribution in [0.25, 0.3) is 16.7 Å². The predicted molar refractivity (Wildman–Crippen MR) is 78.3 cm³/mol. The van der Waals surface area contributed by atoms with Gasteiger partial charge in [0.1, 0.15) is 0 Å². The Balaban J connectivity index is 2.25. The topological polar surface area (TPSA) is 68.0 Å². The molecule has 0 aliphatic rings. The molecule has 3 aromatic rings. The Kier molecular flexibility index (Phi) is 3.02. The van der Waals surface area contributed by atoms with Gasteiger partial charge >= 0.3 is 5.97 Å². The van der Waals surface area contributed by atoms with E-state index in [4.69, 9.17) is 0 Å². The van der Waals surface area contributed by atoms with Gasteiger partial charge < -0.3 is 5.11 Å². The van der Waals surface area contributed by atoms with Gasteiger partial charge in [-0.3, -0.25) is 0 Å². The van der Waals surface area contributed by atoms with Crippen LogP contribution in [0, 0.1) is 6.92 Å². The summed E-state index contributed by atoms with van der Waals surface area (Å²) in [5.41, 5.74) is 1.70.